The highest BCUT2D eigenvalue weighted by atomic mass is 16.5. The molecule has 0 spiro atoms. The maximum absolute atomic E-state index is 12.3. The zero-order valence-corrected chi connectivity index (χ0v) is 12.7. The van der Waals surface area contributed by atoms with Gasteiger partial charge in [0.25, 0.3) is 0 Å². The Morgan fingerprint density at radius 2 is 1.78 bits per heavy atom. The summed E-state index contributed by atoms with van der Waals surface area (Å²) in [7, 11) is 0. The Hall–Kier alpha value is -2.75. The number of allylic oxidation sites excluding steroid dienone is 1. The molecule has 1 N–H and O–H groups in total. The number of hydrogen-bond donors (Lipinski definition) is 1. The van der Waals surface area contributed by atoms with Crippen LogP contribution >= 0.6 is 0 Å². The van der Waals surface area contributed by atoms with E-state index in [1.807, 2.05) is 12.1 Å². The number of phenols is 1. The average Bonchev–Trinajstić information content (AvgIpc) is 3.18. The molecular formula is C19H17NO3. The Morgan fingerprint density at radius 3 is 2.52 bits per heavy atom. The van der Waals surface area contributed by atoms with Crippen LogP contribution in [0.2, 0.25) is 0 Å². The molecule has 0 bridgehead atoms. The number of fused-ring (bicyclic) bond motifs is 1. The standard InChI is InChI=1S/C19H17NO3/c21-15-7-8-16-17(12-15)23-18(19(16)22)11-13-3-5-14(6-4-13)20-9-1-2-10-20/h3-8,11-12,21H,1-2,9-10H2. The van der Waals surface area contributed by atoms with Crippen LogP contribution < -0.4 is 9.64 Å². The molecule has 2 aromatic carbocycles. The second-order valence-corrected chi connectivity index (χ2v) is 5.91. The summed E-state index contributed by atoms with van der Waals surface area (Å²) in [5.41, 5.74) is 2.63. The first-order valence-corrected chi connectivity index (χ1v) is 7.83. The predicted molar refractivity (Wildman–Crippen MR) is 88.9 cm³/mol. The van der Waals surface area contributed by atoms with Gasteiger partial charge in [-0.2, -0.15) is 0 Å². The van der Waals surface area contributed by atoms with Crippen molar-refractivity contribution in [3.8, 4) is 11.5 Å². The summed E-state index contributed by atoms with van der Waals surface area (Å²) in [5.74, 6) is 0.644. The molecule has 2 heterocycles. The SMILES string of the molecule is O=C1C(=Cc2ccc(N3CCCC3)cc2)Oc2cc(O)ccc21. The summed E-state index contributed by atoms with van der Waals surface area (Å²) < 4.78 is 5.58. The molecule has 0 radical (unpaired) electrons. The summed E-state index contributed by atoms with van der Waals surface area (Å²) in [6.45, 7) is 2.22. The predicted octanol–water partition coefficient (Wildman–Crippen LogP) is 3.61. The van der Waals surface area contributed by atoms with E-state index in [1.165, 1.54) is 30.7 Å². The van der Waals surface area contributed by atoms with Crippen molar-refractivity contribution >= 4 is 17.5 Å². The second kappa shape index (κ2) is 5.47. The van der Waals surface area contributed by atoms with Gasteiger partial charge in [-0.05, 0) is 48.7 Å². The van der Waals surface area contributed by atoms with Gasteiger partial charge in [0, 0.05) is 24.8 Å². The van der Waals surface area contributed by atoms with Crippen molar-refractivity contribution in [2.75, 3.05) is 18.0 Å². The molecule has 4 nitrogen and oxygen atoms in total. The first-order chi connectivity index (χ1) is 11.2. The maximum atomic E-state index is 12.3. The minimum atomic E-state index is -0.149. The number of hydrogen-bond acceptors (Lipinski definition) is 4. The van der Waals surface area contributed by atoms with Gasteiger partial charge in [-0.3, -0.25) is 4.79 Å². The van der Waals surface area contributed by atoms with Crippen molar-refractivity contribution in [2.45, 2.75) is 12.8 Å². The number of Topliss-reactive ketones (excluding diaryl/α,β-unsaturated/α-hetero) is 1. The molecule has 0 aromatic heterocycles. The van der Waals surface area contributed by atoms with E-state index in [9.17, 15) is 9.90 Å². The first kappa shape index (κ1) is 13.9. The van der Waals surface area contributed by atoms with E-state index in [0.29, 0.717) is 17.1 Å². The molecule has 116 valence electrons. The van der Waals surface area contributed by atoms with Crippen LogP contribution in [0.25, 0.3) is 6.08 Å². The first-order valence-electron chi connectivity index (χ1n) is 7.83. The van der Waals surface area contributed by atoms with Crippen LogP contribution in [0, 0.1) is 0 Å². The van der Waals surface area contributed by atoms with Gasteiger partial charge in [-0.15, -0.1) is 0 Å². The smallest absolute Gasteiger partial charge is 0.231 e. The van der Waals surface area contributed by atoms with E-state index in [4.69, 9.17) is 4.74 Å². The fraction of sp³-hybridized carbons (Fsp3) is 0.211. The molecule has 0 atom stereocenters. The van der Waals surface area contributed by atoms with Crippen LogP contribution in [-0.4, -0.2) is 24.0 Å². The molecular weight excluding hydrogens is 290 g/mol. The lowest BCUT2D eigenvalue weighted by atomic mass is 10.1. The lowest BCUT2D eigenvalue weighted by molar-refractivity contribution is 0.101. The molecule has 0 amide bonds. The summed E-state index contributed by atoms with van der Waals surface area (Å²) in [4.78, 5) is 14.7. The molecule has 1 saturated heterocycles. The molecule has 0 aliphatic carbocycles. The van der Waals surface area contributed by atoms with Crippen molar-refractivity contribution in [3.63, 3.8) is 0 Å². The van der Waals surface area contributed by atoms with Crippen molar-refractivity contribution < 1.29 is 14.6 Å². The Kier molecular flexibility index (Phi) is 3.30. The van der Waals surface area contributed by atoms with Crippen LogP contribution in [0.15, 0.2) is 48.2 Å². The number of ketones is 1. The van der Waals surface area contributed by atoms with Crippen LogP contribution in [0.1, 0.15) is 28.8 Å². The maximum Gasteiger partial charge on any atom is 0.231 e. The van der Waals surface area contributed by atoms with Gasteiger partial charge in [0.1, 0.15) is 11.5 Å². The summed E-state index contributed by atoms with van der Waals surface area (Å²) in [6, 6.07) is 12.7. The number of phenolic OH excluding ortho intramolecular Hbond substituents is 1. The number of rotatable bonds is 2. The fourth-order valence-corrected chi connectivity index (χ4v) is 3.08. The highest BCUT2D eigenvalue weighted by Gasteiger charge is 2.27. The third-order valence-corrected chi connectivity index (χ3v) is 4.32. The number of benzene rings is 2. The fourth-order valence-electron chi connectivity index (χ4n) is 3.08. The summed E-state index contributed by atoms with van der Waals surface area (Å²) in [5, 5.41) is 9.48. The molecule has 4 rings (SSSR count). The third kappa shape index (κ3) is 2.57. The normalized spacial score (nSPS) is 18.3. The Labute approximate surface area is 134 Å². The van der Waals surface area contributed by atoms with Gasteiger partial charge >= 0.3 is 0 Å². The molecule has 0 saturated carbocycles. The third-order valence-electron chi connectivity index (χ3n) is 4.32. The van der Waals surface area contributed by atoms with E-state index in [0.717, 1.165) is 18.7 Å². The van der Waals surface area contributed by atoms with E-state index >= 15 is 0 Å². The van der Waals surface area contributed by atoms with Crippen molar-refractivity contribution in [1.82, 2.24) is 0 Å². The summed E-state index contributed by atoms with van der Waals surface area (Å²) in [6.07, 6.45) is 4.24. The number of ether oxygens (including phenoxy) is 1. The Bertz CT molecular complexity index is 787. The van der Waals surface area contributed by atoms with E-state index in [1.54, 1.807) is 12.1 Å². The average molecular weight is 307 g/mol. The minimum Gasteiger partial charge on any atom is -0.508 e. The van der Waals surface area contributed by atoms with Crippen molar-refractivity contribution in [1.29, 1.82) is 0 Å². The van der Waals surface area contributed by atoms with Crippen LogP contribution in [0.4, 0.5) is 5.69 Å². The quantitative estimate of drug-likeness (QED) is 0.861. The molecule has 1 fully saturated rings. The molecule has 2 aromatic rings. The number of aromatic hydroxyl groups is 1. The number of nitrogens with zero attached hydrogens (tertiary/aromatic N) is 1. The molecule has 4 heteroatoms. The lowest BCUT2D eigenvalue weighted by Gasteiger charge is -2.17. The molecule has 0 unspecified atom stereocenters. The van der Waals surface area contributed by atoms with Gasteiger partial charge in [-0.25, -0.2) is 0 Å². The Balaban J connectivity index is 1.58. The van der Waals surface area contributed by atoms with E-state index in [2.05, 4.69) is 17.0 Å². The van der Waals surface area contributed by atoms with E-state index < -0.39 is 0 Å². The van der Waals surface area contributed by atoms with Crippen molar-refractivity contribution in [3.05, 3.63) is 59.4 Å². The minimum absolute atomic E-state index is 0.0905. The zero-order valence-electron chi connectivity index (χ0n) is 12.7. The molecule has 2 aliphatic rings. The van der Waals surface area contributed by atoms with E-state index in [-0.39, 0.29) is 11.5 Å². The molecule has 23 heavy (non-hydrogen) atoms. The highest BCUT2D eigenvalue weighted by molar-refractivity contribution is 6.14. The van der Waals surface area contributed by atoms with Crippen LogP contribution in [-0.2, 0) is 0 Å². The van der Waals surface area contributed by atoms with Crippen molar-refractivity contribution in [2.24, 2.45) is 0 Å². The number of carbonyl (C=O) groups is 1. The highest BCUT2D eigenvalue weighted by Crippen LogP contribution is 2.34. The van der Waals surface area contributed by atoms with Gasteiger partial charge in [0.15, 0.2) is 5.76 Å². The monoisotopic (exact) mass is 307 g/mol. The second-order valence-electron chi connectivity index (χ2n) is 5.91. The van der Waals surface area contributed by atoms with Gasteiger partial charge in [-0.1, -0.05) is 12.1 Å². The Morgan fingerprint density at radius 1 is 1.04 bits per heavy atom. The van der Waals surface area contributed by atoms with Gasteiger partial charge in [0.05, 0.1) is 5.56 Å². The molecule has 2 aliphatic heterocycles. The van der Waals surface area contributed by atoms with Crippen LogP contribution in [0.5, 0.6) is 11.5 Å². The zero-order chi connectivity index (χ0) is 15.8. The topological polar surface area (TPSA) is 49.8 Å². The largest absolute Gasteiger partial charge is 0.508 e. The summed E-state index contributed by atoms with van der Waals surface area (Å²) >= 11 is 0. The van der Waals surface area contributed by atoms with Crippen LogP contribution in [0.3, 0.4) is 0 Å². The number of anilines is 1. The lowest BCUT2D eigenvalue weighted by Crippen LogP contribution is -2.17. The van der Waals surface area contributed by atoms with Gasteiger partial charge in [0.2, 0.25) is 5.78 Å². The number of carbonyl (C=O) groups excluding carboxylic acids is 1. The van der Waals surface area contributed by atoms with Gasteiger partial charge < -0.3 is 14.7 Å².